The lowest BCUT2D eigenvalue weighted by Crippen LogP contribution is -2.29. The van der Waals surface area contributed by atoms with Crippen molar-refractivity contribution in [3.63, 3.8) is 0 Å². The van der Waals surface area contributed by atoms with Gasteiger partial charge in [-0.2, -0.15) is 5.01 Å². The van der Waals surface area contributed by atoms with E-state index in [4.69, 9.17) is 11.6 Å². The highest BCUT2D eigenvalue weighted by Gasteiger charge is 2.21. The van der Waals surface area contributed by atoms with Gasteiger partial charge in [0.25, 0.3) is 0 Å². The maximum Gasteiger partial charge on any atom is 0.245 e. The molecule has 1 amide bonds. The van der Waals surface area contributed by atoms with Crippen molar-refractivity contribution in [2.24, 2.45) is 11.2 Å². The summed E-state index contributed by atoms with van der Waals surface area (Å²) in [7, 11) is 0. The molecule has 15 heavy (non-hydrogen) atoms. The molecule has 1 aliphatic rings. The molecule has 0 aromatic rings. The number of hydrogen-bond acceptors (Lipinski definition) is 3. The third-order valence-electron chi connectivity index (χ3n) is 2.87. The first kappa shape index (κ1) is 12.4. The highest BCUT2D eigenvalue weighted by molar-refractivity contribution is 6.18. The molecular weight excluding hydrogens is 216 g/mol. The van der Waals surface area contributed by atoms with Crippen LogP contribution in [0.3, 0.4) is 0 Å². The summed E-state index contributed by atoms with van der Waals surface area (Å²) in [6.07, 6.45) is 6.30. The number of rotatable bonds is 5. The van der Waals surface area contributed by atoms with E-state index in [1.807, 2.05) is 0 Å². The monoisotopic (exact) mass is 232 g/mol. The predicted octanol–water partition coefficient (Wildman–Crippen LogP) is 2.71. The summed E-state index contributed by atoms with van der Waals surface area (Å²) in [5.74, 6) is 0.505. The lowest BCUT2D eigenvalue weighted by Gasteiger charge is -2.22. The predicted molar refractivity (Wildman–Crippen MR) is 59.4 cm³/mol. The molecule has 0 aliphatic heterocycles. The van der Waals surface area contributed by atoms with Gasteiger partial charge in [-0.05, 0) is 18.8 Å². The van der Waals surface area contributed by atoms with Crippen LogP contribution in [0.5, 0.6) is 0 Å². The van der Waals surface area contributed by atoms with Crippen LogP contribution >= 0.6 is 11.6 Å². The minimum atomic E-state index is -0.183. The van der Waals surface area contributed by atoms with Gasteiger partial charge in [0.1, 0.15) is 0 Å². The summed E-state index contributed by atoms with van der Waals surface area (Å²) in [4.78, 5) is 22.0. The van der Waals surface area contributed by atoms with Gasteiger partial charge in [-0.1, -0.05) is 19.3 Å². The van der Waals surface area contributed by atoms with Gasteiger partial charge in [-0.25, -0.2) is 0 Å². The van der Waals surface area contributed by atoms with Crippen LogP contribution in [-0.4, -0.2) is 23.3 Å². The van der Waals surface area contributed by atoms with Crippen molar-refractivity contribution in [1.29, 1.82) is 0 Å². The molecule has 1 rings (SSSR count). The van der Waals surface area contributed by atoms with Crippen molar-refractivity contribution in [1.82, 2.24) is 5.01 Å². The van der Waals surface area contributed by atoms with Crippen LogP contribution in [0.4, 0.5) is 0 Å². The van der Waals surface area contributed by atoms with Crippen molar-refractivity contribution >= 4 is 17.5 Å². The normalized spacial score (nSPS) is 17.4. The number of halogens is 1. The lowest BCUT2D eigenvalue weighted by molar-refractivity contribution is -0.132. The summed E-state index contributed by atoms with van der Waals surface area (Å²) >= 11 is 5.47. The second-order valence-electron chi connectivity index (χ2n) is 4.00. The van der Waals surface area contributed by atoms with Gasteiger partial charge in [0.05, 0.1) is 11.8 Å². The number of alkyl halides is 1. The van der Waals surface area contributed by atoms with E-state index in [9.17, 15) is 9.70 Å². The highest BCUT2D eigenvalue weighted by atomic mass is 35.5. The largest absolute Gasteiger partial charge is 0.273 e. The number of amides is 1. The first-order chi connectivity index (χ1) is 7.27. The van der Waals surface area contributed by atoms with E-state index in [0.29, 0.717) is 12.3 Å². The van der Waals surface area contributed by atoms with Crippen molar-refractivity contribution in [3.8, 4) is 0 Å². The highest BCUT2D eigenvalue weighted by Crippen LogP contribution is 2.26. The summed E-state index contributed by atoms with van der Waals surface area (Å²) in [6.45, 7) is 0.219. The zero-order valence-corrected chi connectivity index (χ0v) is 9.58. The number of nitroso groups, excluding NO2 is 1. The van der Waals surface area contributed by atoms with E-state index in [2.05, 4.69) is 5.29 Å². The second kappa shape index (κ2) is 6.77. The van der Waals surface area contributed by atoms with E-state index in [-0.39, 0.29) is 18.3 Å². The Kier molecular flexibility index (Phi) is 5.61. The Labute approximate surface area is 94.9 Å². The summed E-state index contributed by atoms with van der Waals surface area (Å²) in [6, 6.07) is 0. The average molecular weight is 233 g/mol. The van der Waals surface area contributed by atoms with Gasteiger partial charge in [0.2, 0.25) is 5.91 Å². The number of carbonyl (C=O) groups is 1. The number of carbonyl (C=O) groups excluding carboxylic acids is 1. The number of nitrogens with zero attached hydrogens (tertiary/aromatic N) is 2. The van der Waals surface area contributed by atoms with Gasteiger partial charge in [0, 0.05) is 12.3 Å². The molecule has 1 saturated carbocycles. The standard InChI is InChI=1S/C10H17ClN2O2/c11-6-7-13(12-15)10(14)8-9-4-2-1-3-5-9/h9H,1-8H2. The fraction of sp³-hybridized carbons (Fsp3) is 0.900. The zero-order chi connectivity index (χ0) is 11.1. The Hall–Kier alpha value is -0.640. The van der Waals surface area contributed by atoms with Crippen LogP contribution in [0.1, 0.15) is 38.5 Å². The Morgan fingerprint density at radius 2 is 2.00 bits per heavy atom. The molecule has 1 fully saturated rings. The second-order valence-corrected chi connectivity index (χ2v) is 4.37. The summed E-state index contributed by atoms with van der Waals surface area (Å²) in [5.41, 5.74) is 0. The third-order valence-corrected chi connectivity index (χ3v) is 3.04. The van der Waals surface area contributed by atoms with E-state index < -0.39 is 0 Å². The molecule has 0 aromatic heterocycles. The van der Waals surface area contributed by atoms with Crippen LogP contribution in [0.2, 0.25) is 0 Å². The van der Waals surface area contributed by atoms with Crippen molar-refractivity contribution < 1.29 is 4.79 Å². The summed E-state index contributed by atoms with van der Waals surface area (Å²) in [5, 5.41) is 3.64. The van der Waals surface area contributed by atoms with Crippen LogP contribution in [0.15, 0.2) is 5.29 Å². The molecule has 4 nitrogen and oxygen atoms in total. The van der Waals surface area contributed by atoms with Crippen molar-refractivity contribution in [2.45, 2.75) is 38.5 Å². The maximum absolute atomic E-state index is 11.6. The zero-order valence-electron chi connectivity index (χ0n) is 8.82. The molecule has 0 heterocycles. The first-order valence-electron chi connectivity index (χ1n) is 5.47. The van der Waals surface area contributed by atoms with E-state index in [0.717, 1.165) is 17.9 Å². The van der Waals surface area contributed by atoms with Gasteiger partial charge >= 0.3 is 0 Å². The molecular formula is C10H17ClN2O2. The van der Waals surface area contributed by atoms with Gasteiger partial charge < -0.3 is 0 Å². The van der Waals surface area contributed by atoms with Crippen molar-refractivity contribution in [2.75, 3.05) is 12.4 Å². The third kappa shape index (κ3) is 4.16. The Morgan fingerprint density at radius 1 is 1.33 bits per heavy atom. The molecule has 5 heteroatoms. The number of hydrogen-bond donors (Lipinski definition) is 0. The van der Waals surface area contributed by atoms with Gasteiger partial charge in [-0.3, -0.25) is 4.79 Å². The van der Waals surface area contributed by atoms with E-state index in [1.165, 1.54) is 19.3 Å². The van der Waals surface area contributed by atoms with Crippen molar-refractivity contribution in [3.05, 3.63) is 4.91 Å². The molecule has 1 aliphatic carbocycles. The van der Waals surface area contributed by atoms with Gasteiger partial charge in [0.15, 0.2) is 0 Å². The van der Waals surface area contributed by atoms with Crippen LogP contribution < -0.4 is 0 Å². The molecule has 0 unspecified atom stereocenters. The molecule has 0 atom stereocenters. The molecule has 0 radical (unpaired) electrons. The molecule has 0 bridgehead atoms. The first-order valence-corrected chi connectivity index (χ1v) is 6.01. The lowest BCUT2D eigenvalue weighted by atomic mass is 9.87. The maximum atomic E-state index is 11.6. The smallest absolute Gasteiger partial charge is 0.245 e. The molecule has 0 saturated heterocycles. The van der Waals surface area contributed by atoms with Crippen LogP contribution in [0, 0.1) is 10.8 Å². The quantitative estimate of drug-likeness (QED) is 0.416. The van der Waals surface area contributed by atoms with E-state index >= 15 is 0 Å². The molecule has 0 N–H and O–H groups in total. The minimum Gasteiger partial charge on any atom is -0.273 e. The van der Waals surface area contributed by atoms with E-state index in [1.54, 1.807) is 0 Å². The molecule has 86 valence electrons. The van der Waals surface area contributed by atoms with Crippen LogP contribution in [0.25, 0.3) is 0 Å². The minimum absolute atomic E-state index is 0.183. The fourth-order valence-corrected chi connectivity index (χ4v) is 2.19. The van der Waals surface area contributed by atoms with Gasteiger partial charge in [-0.15, -0.1) is 16.5 Å². The van der Waals surface area contributed by atoms with Crippen LogP contribution in [-0.2, 0) is 4.79 Å². The Morgan fingerprint density at radius 3 is 2.53 bits per heavy atom. The average Bonchev–Trinajstić information content (AvgIpc) is 2.27. The fourth-order valence-electron chi connectivity index (χ4n) is 2.03. The Bertz CT molecular complexity index is 217. The molecule has 0 aromatic carbocycles. The topological polar surface area (TPSA) is 49.7 Å². The summed E-state index contributed by atoms with van der Waals surface area (Å²) < 4.78 is 0. The Balaban J connectivity index is 2.34. The SMILES string of the molecule is O=NN(CCCl)C(=O)CC1CCCCC1. The molecule has 0 spiro atoms.